The molecule has 0 spiro atoms. The van der Waals surface area contributed by atoms with E-state index in [1.807, 2.05) is 24.3 Å². The Morgan fingerprint density at radius 1 is 1.30 bits per heavy atom. The van der Waals surface area contributed by atoms with E-state index >= 15 is 0 Å². The molecule has 6 nitrogen and oxygen atoms in total. The zero-order valence-corrected chi connectivity index (χ0v) is 13.9. The minimum Gasteiger partial charge on any atom is -0.481 e. The Hall–Kier alpha value is -2.15. The SMILES string of the molecule is O=C(O)CC1(NC(=O)c2cc(-c3ccc(Br)cc3)n[nH]2)CCC1. The number of rotatable bonds is 5. The summed E-state index contributed by atoms with van der Waals surface area (Å²) in [4.78, 5) is 23.3. The second-order valence-electron chi connectivity index (χ2n) is 5.83. The van der Waals surface area contributed by atoms with Crippen molar-refractivity contribution in [2.75, 3.05) is 0 Å². The first-order chi connectivity index (χ1) is 11.0. The van der Waals surface area contributed by atoms with Crippen LogP contribution in [0.25, 0.3) is 11.3 Å². The fourth-order valence-corrected chi connectivity index (χ4v) is 3.02. The largest absolute Gasteiger partial charge is 0.481 e. The highest BCUT2D eigenvalue weighted by Crippen LogP contribution is 2.35. The summed E-state index contributed by atoms with van der Waals surface area (Å²) in [5.74, 6) is -1.22. The average molecular weight is 378 g/mol. The number of carbonyl (C=O) groups is 2. The number of amides is 1. The third kappa shape index (κ3) is 3.44. The molecule has 3 N–H and O–H groups in total. The first-order valence-electron chi connectivity index (χ1n) is 7.33. The molecule has 0 unspecified atom stereocenters. The molecule has 1 aromatic heterocycles. The molecule has 1 aliphatic carbocycles. The summed E-state index contributed by atoms with van der Waals surface area (Å²) in [5, 5.41) is 18.7. The van der Waals surface area contributed by atoms with Gasteiger partial charge in [-0.25, -0.2) is 0 Å². The standard InChI is InChI=1S/C16H16BrN3O3/c17-11-4-2-10(3-5-11)12-8-13(20-19-12)15(23)18-16(6-1-7-16)9-14(21)22/h2-5,8H,1,6-7,9H2,(H,18,23)(H,19,20)(H,21,22). The highest BCUT2D eigenvalue weighted by molar-refractivity contribution is 9.10. The van der Waals surface area contributed by atoms with Crippen LogP contribution < -0.4 is 5.32 Å². The molecular weight excluding hydrogens is 362 g/mol. The van der Waals surface area contributed by atoms with Gasteiger partial charge < -0.3 is 10.4 Å². The summed E-state index contributed by atoms with van der Waals surface area (Å²) in [6.45, 7) is 0. The minimum atomic E-state index is -0.898. The van der Waals surface area contributed by atoms with Gasteiger partial charge in [-0.2, -0.15) is 5.10 Å². The van der Waals surface area contributed by atoms with E-state index in [4.69, 9.17) is 5.11 Å². The highest BCUT2D eigenvalue weighted by Gasteiger charge is 2.40. The van der Waals surface area contributed by atoms with Crippen LogP contribution in [0.15, 0.2) is 34.8 Å². The van der Waals surface area contributed by atoms with Crippen molar-refractivity contribution < 1.29 is 14.7 Å². The summed E-state index contributed by atoms with van der Waals surface area (Å²) in [6.07, 6.45) is 2.27. The molecule has 0 radical (unpaired) electrons. The second kappa shape index (κ2) is 6.16. The predicted molar refractivity (Wildman–Crippen MR) is 88.0 cm³/mol. The van der Waals surface area contributed by atoms with Gasteiger partial charge in [0.1, 0.15) is 5.69 Å². The molecule has 2 aromatic rings. The molecule has 23 heavy (non-hydrogen) atoms. The number of aliphatic carboxylic acids is 1. The maximum atomic E-state index is 12.4. The van der Waals surface area contributed by atoms with E-state index in [2.05, 4.69) is 31.4 Å². The van der Waals surface area contributed by atoms with Gasteiger partial charge in [0.15, 0.2) is 0 Å². The molecule has 1 heterocycles. The van der Waals surface area contributed by atoms with Gasteiger partial charge in [-0.3, -0.25) is 14.7 Å². The van der Waals surface area contributed by atoms with Gasteiger partial charge >= 0.3 is 5.97 Å². The Kier molecular flexibility index (Phi) is 4.21. The highest BCUT2D eigenvalue weighted by atomic mass is 79.9. The van der Waals surface area contributed by atoms with Crippen molar-refractivity contribution in [3.63, 3.8) is 0 Å². The maximum absolute atomic E-state index is 12.4. The van der Waals surface area contributed by atoms with Crippen molar-refractivity contribution in [2.45, 2.75) is 31.2 Å². The van der Waals surface area contributed by atoms with Gasteiger partial charge in [0.25, 0.3) is 5.91 Å². The Bertz CT molecular complexity index is 735. The number of hydrogen-bond acceptors (Lipinski definition) is 3. The number of halogens is 1. The summed E-state index contributed by atoms with van der Waals surface area (Å²) in [6, 6.07) is 9.28. The monoisotopic (exact) mass is 377 g/mol. The van der Waals surface area contributed by atoms with Gasteiger partial charge in [0.05, 0.1) is 17.7 Å². The number of nitrogens with zero attached hydrogens (tertiary/aromatic N) is 1. The van der Waals surface area contributed by atoms with Crippen LogP contribution in [0.5, 0.6) is 0 Å². The first kappa shape index (κ1) is 15.7. The van der Waals surface area contributed by atoms with E-state index in [-0.39, 0.29) is 12.3 Å². The third-order valence-corrected chi connectivity index (χ3v) is 4.67. The molecule has 1 saturated carbocycles. The quantitative estimate of drug-likeness (QED) is 0.746. The van der Waals surface area contributed by atoms with Crippen LogP contribution in [-0.4, -0.2) is 32.7 Å². The Labute approximate surface area is 141 Å². The summed E-state index contributed by atoms with van der Waals surface area (Å²) >= 11 is 3.37. The van der Waals surface area contributed by atoms with Crippen LogP contribution >= 0.6 is 15.9 Å². The summed E-state index contributed by atoms with van der Waals surface area (Å²) in [5.41, 5.74) is 1.28. The lowest BCUT2D eigenvalue weighted by molar-refractivity contribution is -0.139. The van der Waals surface area contributed by atoms with E-state index in [0.717, 1.165) is 16.5 Å². The van der Waals surface area contributed by atoms with Crippen LogP contribution in [0.3, 0.4) is 0 Å². The topological polar surface area (TPSA) is 95.1 Å². The van der Waals surface area contributed by atoms with Gasteiger partial charge in [0.2, 0.25) is 0 Å². The molecule has 7 heteroatoms. The molecule has 1 amide bonds. The molecule has 1 fully saturated rings. The molecule has 120 valence electrons. The maximum Gasteiger partial charge on any atom is 0.305 e. The molecule has 3 rings (SSSR count). The van der Waals surface area contributed by atoms with Crippen LogP contribution in [0.1, 0.15) is 36.2 Å². The zero-order chi connectivity index (χ0) is 16.4. The predicted octanol–water partition coefficient (Wildman–Crippen LogP) is 2.97. The van der Waals surface area contributed by atoms with Gasteiger partial charge in [-0.05, 0) is 37.5 Å². The summed E-state index contributed by atoms with van der Waals surface area (Å²) in [7, 11) is 0. The van der Waals surface area contributed by atoms with Crippen LogP contribution in [0.4, 0.5) is 0 Å². The molecule has 0 saturated heterocycles. The lowest BCUT2D eigenvalue weighted by Gasteiger charge is -2.41. The van der Waals surface area contributed by atoms with Crippen LogP contribution in [-0.2, 0) is 4.79 Å². The number of aromatic amines is 1. The van der Waals surface area contributed by atoms with Crippen molar-refractivity contribution in [2.24, 2.45) is 0 Å². The molecule has 1 aliphatic rings. The fraction of sp³-hybridized carbons (Fsp3) is 0.312. The lowest BCUT2D eigenvalue weighted by atomic mass is 9.74. The van der Waals surface area contributed by atoms with Crippen molar-refractivity contribution >= 4 is 27.8 Å². The second-order valence-corrected chi connectivity index (χ2v) is 6.75. The van der Waals surface area contributed by atoms with Crippen molar-refractivity contribution in [1.82, 2.24) is 15.5 Å². The van der Waals surface area contributed by atoms with Gasteiger partial charge in [-0.15, -0.1) is 0 Å². The van der Waals surface area contributed by atoms with Gasteiger partial charge in [-0.1, -0.05) is 28.1 Å². The number of carboxylic acid groups (broad SMARTS) is 1. The molecule has 0 bridgehead atoms. The minimum absolute atomic E-state index is 0.0492. The lowest BCUT2D eigenvalue weighted by Crippen LogP contribution is -2.54. The third-order valence-electron chi connectivity index (χ3n) is 4.14. The number of H-pyrrole nitrogens is 1. The van der Waals surface area contributed by atoms with Crippen molar-refractivity contribution in [1.29, 1.82) is 0 Å². The number of aromatic nitrogens is 2. The van der Waals surface area contributed by atoms with E-state index < -0.39 is 11.5 Å². The zero-order valence-electron chi connectivity index (χ0n) is 12.3. The number of benzene rings is 1. The first-order valence-corrected chi connectivity index (χ1v) is 8.12. The molecule has 1 aromatic carbocycles. The Balaban J connectivity index is 1.73. The fourth-order valence-electron chi connectivity index (χ4n) is 2.75. The Morgan fingerprint density at radius 3 is 2.57 bits per heavy atom. The summed E-state index contributed by atoms with van der Waals surface area (Å²) < 4.78 is 0.968. The van der Waals surface area contributed by atoms with Crippen molar-refractivity contribution in [3.8, 4) is 11.3 Å². The van der Waals surface area contributed by atoms with Crippen molar-refractivity contribution in [3.05, 3.63) is 40.5 Å². The molecular formula is C16H16BrN3O3. The van der Waals surface area contributed by atoms with E-state index in [9.17, 15) is 9.59 Å². The Morgan fingerprint density at radius 2 is 2.00 bits per heavy atom. The number of carbonyl (C=O) groups excluding carboxylic acids is 1. The number of hydrogen-bond donors (Lipinski definition) is 3. The normalized spacial score (nSPS) is 15.7. The average Bonchev–Trinajstić information content (AvgIpc) is 2.95. The van der Waals surface area contributed by atoms with E-state index in [1.54, 1.807) is 6.07 Å². The molecule has 0 atom stereocenters. The van der Waals surface area contributed by atoms with E-state index in [0.29, 0.717) is 24.2 Å². The smallest absolute Gasteiger partial charge is 0.305 e. The molecule has 0 aliphatic heterocycles. The van der Waals surface area contributed by atoms with Crippen LogP contribution in [0, 0.1) is 0 Å². The number of nitrogens with one attached hydrogen (secondary N) is 2. The van der Waals surface area contributed by atoms with Crippen LogP contribution in [0.2, 0.25) is 0 Å². The number of carboxylic acids is 1. The van der Waals surface area contributed by atoms with E-state index in [1.165, 1.54) is 0 Å². The van der Waals surface area contributed by atoms with Gasteiger partial charge in [0, 0.05) is 10.0 Å².